The molecule has 4 nitrogen and oxygen atoms in total. The van der Waals surface area contributed by atoms with E-state index in [1.165, 1.54) is 0 Å². The third-order valence-corrected chi connectivity index (χ3v) is 4.34. The molecule has 0 aromatic carbocycles. The van der Waals surface area contributed by atoms with Crippen LogP contribution in [0, 0.1) is 11.3 Å². The summed E-state index contributed by atoms with van der Waals surface area (Å²) in [4.78, 5) is 1.82. The summed E-state index contributed by atoms with van der Waals surface area (Å²) in [5.41, 5.74) is 0. The molecule has 0 saturated heterocycles. The lowest BCUT2D eigenvalue weighted by Gasteiger charge is -2.17. The van der Waals surface area contributed by atoms with Gasteiger partial charge in [0.1, 0.15) is 0 Å². The van der Waals surface area contributed by atoms with Crippen LogP contribution in [0.3, 0.4) is 0 Å². The molecule has 0 aromatic heterocycles. The molecule has 0 spiro atoms. The molecule has 0 radical (unpaired) electrons. The van der Waals surface area contributed by atoms with E-state index in [0.29, 0.717) is 19.6 Å². The molecule has 82 valence electrons. The first-order valence-electron chi connectivity index (χ1n) is 4.75. The van der Waals surface area contributed by atoms with Crippen LogP contribution in [0.4, 0.5) is 0 Å². The van der Waals surface area contributed by atoms with Gasteiger partial charge in [-0.3, -0.25) is 4.90 Å². The van der Waals surface area contributed by atoms with Crippen molar-refractivity contribution in [2.75, 3.05) is 25.4 Å². The van der Waals surface area contributed by atoms with E-state index < -0.39 is 9.84 Å². The Morgan fingerprint density at radius 2 is 2.00 bits per heavy atom. The van der Waals surface area contributed by atoms with Crippen LogP contribution in [0.25, 0.3) is 0 Å². The zero-order valence-corrected chi connectivity index (χ0v) is 9.84. The summed E-state index contributed by atoms with van der Waals surface area (Å²) in [6, 6.07) is 2.02. The molecule has 5 heteroatoms. The molecule has 0 rings (SSSR count). The van der Waals surface area contributed by atoms with E-state index in [0.717, 1.165) is 0 Å². The van der Waals surface area contributed by atoms with Gasteiger partial charge in [-0.15, -0.1) is 0 Å². The van der Waals surface area contributed by atoms with Crippen LogP contribution in [0.2, 0.25) is 0 Å². The zero-order chi connectivity index (χ0) is 11.2. The Kier molecular flexibility index (Phi) is 5.73. The van der Waals surface area contributed by atoms with Gasteiger partial charge < -0.3 is 0 Å². The van der Waals surface area contributed by atoms with E-state index >= 15 is 0 Å². The van der Waals surface area contributed by atoms with E-state index in [1.54, 1.807) is 13.8 Å². The van der Waals surface area contributed by atoms with Gasteiger partial charge in [0.05, 0.1) is 23.6 Å². The van der Waals surface area contributed by atoms with E-state index in [4.69, 9.17) is 5.26 Å². The second kappa shape index (κ2) is 5.99. The van der Waals surface area contributed by atoms with Crippen LogP contribution in [0.5, 0.6) is 0 Å². The van der Waals surface area contributed by atoms with Crippen molar-refractivity contribution in [1.82, 2.24) is 4.90 Å². The minimum absolute atomic E-state index is 0.139. The minimum atomic E-state index is -2.97. The second-order valence-electron chi connectivity index (χ2n) is 3.44. The quantitative estimate of drug-likeness (QED) is 0.614. The average Bonchev–Trinajstić information content (AvgIpc) is 2.12. The Morgan fingerprint density at radius 1 is 1.43 bits per heavy atom. The van der Waals surface area contributed by atoms with Crippen LogP contribution >= 0.6 is 0 Å². The smallest absolute Gasteiger partial charge is 0.153 e. The number of nitriles is 1. The molecule has 0 aromatic rings. The lowest BCUT2D eigenvalue weighted by atomic mass is 10.5. The van der Waals surface area contributed by atoms with E-state index in [-0.39, 0.29) is 11.0 Å². The van der Waals surface area contributed by atoms with Crippen molar-refractivity contribution < 1.29 is 8.42 Å². The largest absolute Gasteiger partial charge is 0.290 e. The van der Waals surface area contributed by atoms with Gasteiger partial charge in [0.15, 0.2) is 9.84 Å². The highest BCUT2D eigenvalue weighted by Gasteiger charge is 2.16. The van der Waals surface area contributed by atoms with Crippen LogP contribution in [-0.4, -0.2) is 44.0 Å². The molecule has 0 unspecified atom stereocenters. The summed E-state index contributed by atoms with van der Waals surface area (Å²) in [6.07, 6.45) is 0. The van der Waals surface area contributed by atoms with E-state index in [2.05, 4.69) is 0 Å². The van der Waals surface area contributed by atoms with Gasteiger partial charge in [-0.1, -0.05) is 6.92 Å². The molecule has 0 saturated carbocycles. The van der Waals surface area contributed by atoms with E-state index in [1.807, 2.05) is 17.9 Å². The molecular weight excluding hydrogens is 200 g/mol. The maximum atomic E-state index is 11.4. The van der Waals surface area contributed by atoms with Gasteiger partial charge >= 0.3 is 0 Å². The second-order valence-corrected chi connectivity index (χ2v) is 6.12. The van der Waals surface area contributed by atoms with Crippen LogP contribution < -0.4 is 0 Å². The lowest BCUT2D eigenvalue weighted by Crippen LogP contribution is -2.31. The first-order chi connectivity index (χ1) is 6.44. The maximum Gasteiger partial charge on any atom is 0.153 e. The van der Waals surface area contributed by atoms with Crippen molar-refractivity contribution in [2.24, 2.45) is 0 Å². The maximum absolute atomic E-state index is 11.4. The molecule has 14 heavy (non-hydrogen) atoms. The normalized spacial score (nSPS) is 12.0. The monoisotopic (exact) mass is 218 g/mol. The van der Waals surface area contributed by atoms with Crippen molar-refractivity contribution >= 4 is 9.84 Å². The third-order valence-electron chi connectivity index (χ3n) is 2.15. The molecule has 0 aliphatic heterocycles. The first-order valence-corrected chi connectivity index (χ1v) is 6.46. The molecule has 0 heterocycles. The molecule has 0 aliphatic carbocycles. The average molecular weight is 218 g/mol. The molecule has 0 atom stereocenters. The summed E-state index contributed by atoms with van der Waals surface area (Å²) in [7, 11) is -2.97. The Hall–Kier alpha value is -0.600. The van der Waals surface area contributed by atoms with Gasteiger partial charge in [-0.2, -0.15) is 5.26 Å². The molecule has 0 fully saturated rings. The number of hydrogen-bond acceptors (Lipinski definition) is 4. The van der Waals surface area contributed by atoms with Crippen molar-refractivity contribution in [1.29, 1.82) is 5.26 Å². The summed E-state index contributed by atoms with van der Waals surface area (Å²) in [5.74, 6) is 0.139. The Bertz CT molecular complexity index is 290. The van der Waals surface area contributed by atoms with Gasteiger partial charge in [0.2, 0.25) is 0 Å². The summed E-state index contributed by atoms with van der Waals surface area (Å²) < 4.78 is 22.9. The molecule has 0 bridgehead atoms. The van der Waals surface area contributed by atoms with Crippen molar-refractivity contribution in [3.05, 3.63) is 0 Å². The fourth-order valence-corrected chi connectivity index (χ4v) is 1.93. The topological polar surface area (TPSA) is 61.2 Å². The zero-order valence-electron chi connectivity index (χ0n) is 9.02. The lowest BCUT2D eigenvalue weighted by molar-refractivity contribution is 0.341. The fourth-order valence-electron chi connectivity index (χ4n) is 0.941. The highest BCUT2D eigenvalue weighted by molar-refractivity contribution is 7.92. The van der Waals surface area contributed by atoms with Gasteiger partial charge in [0, 0.05) is 6.54 Å². The predicted octanol–water partition coefficient (Wildman–Crippen LogP) is 0.655. The van der Waals surface area contributed by atoms with Crippen LogP contribution in [0.1, 0.15) is 20.8 Å². The predicted molar refractivity (Wildman–Crippen MR) is 56.6 cm³/mol. The van der Waals surface area contributed by atoms with Crippen LogP contribution in [-0.2, 0) is 9.84 Å². The van der Waals surface area contributed by atoms with Gasteiger partial charge in [0.25, 0.3) is 0 Å². The first kappa shape index (κ1) is 13.4. The Morgan fingerprint density at radius 3 is 2.36 bits per heavy atom. The summed E-state index contributed by atoms with van der Waals surface area (Å²) in [6.45, 7) is 6.72. The van der Waals surface area contributed by atoms with Crippen molar-refractivity contribution in [3.63, 3.8) is 0 Å². The Labute approximate surface area is 86.4 Å². The number of rotatable bonds is 6. The third kappa shape index (κ3) is 4.58. The van der Waals surface area contributed by atoms with Gasteiger partial charge in [-0.25, -0.2) is 8.42 Å². The van der Waals surface area contributed by atoms with Crippen LogP contribution in [0.15, 0.2) is 0 Å². The number of sulfone groups is 1. The highest BCUT2D eigenvalue weighted by atomic mass is 32.2. The summed E-state index contributed by atoms with van der Waals surface area (Å²) in [5, 5.41) is 8.13. The Balaban J connectivity index is 4.11. The standard InChI is InChI=1S/C9H18N2O2S/c1-4-11(6-5-10)7-8-14(12,13)9(2)3/h9H,4,6-8H2,1-3H3. The molecular formula is C9H18N2O2S. The van der Waals surface area contributed by atoms with Crippen molar-refractivity contribution in [2.45, 2.75) is 26.0 Å². The highest BCUT2D eigenvalue weighted by Crippen LogP contribution is 2.01. The van der Waals surface area contributed by atoms with Crippen molar-refractivity contribution in [3.8, 4) is 6.07 Å². The SMILES string of the molecule is CCN(CC#N)CCS(=O)(=O)C(C)C. The molecule has 0 N–H and O–H groups in total. The molecule has 0 amide bonds. The van der Waals surface area contributed by atoms with Gasteiger partial charge in [-0.05, 0) is 20.4 Å². The number of nitrogens with zero attached hydrogens (tertiary/aromatic N) is 2. The summed E-state index contributed by atoms with van der Waals surface area (Å²) >= 11 is 0. The number of hydrogen-bond donors (Lipinski definition) is 0. The van der Waals surface area contributed by atoms with E-state index in [9.17, 15) is 8.42 Å². The molecule has 0 aliphatic rings. The fraction of sp³-hybridized carbons (Fsp3) is 0.889. The minimum Gasteiger partial charge on any atom is -0.290 e.